The number of hydrogen-bond donors (Lipinski definition) is 1. The van der Waals surface area contributed by atoms with Gasteiger partial charge in [-0.2, -0.15) is 0 Å². The van der Waals surface area contributed by atoms with Gasteiger partial charge in [-0.05, 0) is 25.7 Å². The summed E-state index contributed by atoms with van der Waals surface area (Å²) in [5.74, 6) is 4.91. The molecule has 1 aliphatic carbocycles. The van der Waals surface area contributed by atoms with E-state index in [2.05, 4.69) is 23.1 Å². The molecule has 2 N–H and O–H groups in total. The molecule has 62 valence electrons. The molecule has 2 heteroatoms. The van der Waals surface area contributed by atoms with E-state index in [1.165, 1.54) is 18.4 Å². The fraction of sp³-hybridized carbons (Fsp3) is 0.556. The van der Waals surface area contributed by atoms with Gasteiger partial charge < -0.3 is 4.84 Å². The first kappa shape index (κ1) is 8.50. The molecule has 0 atom stereocenters. The maximum Gasteiger partial charge on any atom is 0.0682 e. The summed E-state index contributed by atoms with van der Waals surface area (Å²) in [5.41, 5.74) is 1.42. The Hall–Kier alpha value is -0.600. The summed E-state index contributed by atoms with van der Waals surface area (Å²) in [5, 5.41) is 0. The third-order valence-corrected chi connectivity index (χ3v) is 1.80. The molecule has 11 heavy (non-hydrogen) atoms. The third-order valence-electron chi connectivity index (χ3n) is 1.80. The molecule has 0 amide bonds. The molecule has 0 spiro atoms. The van der Waals surface area contributed by atoms with Crippen LogP contribution in [0.5, 0.6) is 0 Å². The van der Waals surface area contributed by atoms with Gasteiger partial charge in [0, 0.05) is 0 Å². The van der Waals surface area contributed by atoms with Gasteiger partial charge in [-0.25, -0.2) is 5.90 Å². The third kappa shape index (κ3) is 3.35. The van der Waals surface area contributed by atoms with Crippen molar-refractivity contribution in [2.45, 2.75) is 25.7 Å². The Labute approximate surface area is 67.7 Å². The first-order valence-corrected chi connectivity index (χ1v) is 4.11. The zero-order valence-corrected chi connectivity index (χ0v) is 6.75. The lowest BCUT2D eigenvalue weighted by molar-refractivity contribution is 0.136. The minimum absolute atomic E-state index is 0.658. The summed E-state index contributed by atoms with van der Waals surface area (Å²) >= 11 is 0. The summed E-state index contributed by atoms with van der Waals surface area (Å²) in [7, 11) is 0. The average Bonchev–Trinajstić information content (AvgIpc) is 2.07. The van der Waals surface area contributed by atoms with Crippen LogP contribution in [-0.4, -0.2) is 6.61 Å². The number of nitrogens with two attached hydrogens (primary N) is 1. The van der Waals surface area contributed by atoms with Gasteiger partial charge in [0.05, 0.1) is 6.61 Å². The van der Waals surface area contributed by atoms with E-state index in [4.69, 9.17) is 5.90 Å². The quantitative estimate of drug-likeness (QED) is 0.494. The molecule has 2 nitrogen and oxygen atoms in total. The van der Waals surface area contributed by atoms with E-state index < -0.39 is 0 Å². The monoisotopic (exact) mass is 153 g/mol. The molecule has 0 saturated carbocycles. The molecule has 0 aromatic heterocycles. The first-order chi connectivity index (χ1) is 5.43. The molecule has 0 saturated heterocycles. The van der Waals surface area contributed by atoms with Crippen molar-refractivity contribution < 1.29 is 4.84 Å². The van der Waals surface area contributed by atoms with Crippen LogP contribution < -0.4 is 5.90 Å². The van der Waals surface area contributed by atoms with Gasteiger partial charge in [0.25, 0.3) is 0 Å². The van der Waals surface area contributed by atoms with Crippen LogP contribution in [0.15, 0.2) is 23.8 Å². The van der Waals surface area contributed by atoms with Crippen LogP contribution in [0, 0.1) is 0 Å². The zero-order valence-electron chi connectivity index (χ0n) is 6.75. The maximum atomic E-state index is 4.91. The standard InChI is InChI=1S/C9H15NO/c10-11-8-4-7-9-5-2-1-3-6-9/h2,5-6H,1,3-4,7-8,10H2. The molecule has 1 aliphatic rings. The fourth-order valence-electron chi connectivity index (χ4n) is 1.21. The van der Waals surface area contributed by atoms with E-state index in [1.54, 1.807) is 0 Å². The molecule has 0 radical (unpaired) electrons. The number of allylic oxidation sites excluding steroid dienone is 4. The van der Waals surface area contributed by atoms with Crippen molar-refractivity contribution in [1.82, 2.24) is 0 Å². The summed E-state index contributed by atoms with van der Waals surface area (Å²) in [6.45, 7) is 0.658. The molecule has 0 heterocycles. The van der Waals surface area contributed by atoms with Crippen molar-refractivity contribution in [1.29, 1.82) is 0 Å². The highest BCUT2D eigenvalue weighted by molar-refractivity contribution is 5.21. The molecule has 0 fully saturated rings. The highest BCUT2D eigenvalue weighted by Gasteiger charge is 1.96. The van der Waals surface area contributed by atoms with Crippen molar-refractivity contribution in [2.24, 2.45) is 5.90 Å². The van der Waals surface area contributed by atoms with Crippen molar-refractivity contribution in [3.05, 3.63) is 23.8 Å². The molecule has 0 aromatic carbocycles. The topological polar surface area (TPSA) is 35.2 Å². The van der Waals surface area contributed by atoms with E-state index in [0.717, 1.165) is 12.8 Å². The SMILES string of the molecule is NOCCCC1=CCCC=C1. The lowest BCUT2D eigenvalue weighted by Gasteiger charge is -2.05. The van der Waals surface area contributed by atoms with Crippen LogP contribution in [0.2, 0.25) is 0 Å². The van der Waals surface area contributed by atoms with Crippen LogP contribution in [0.1, 0.15) is 25.7 Å². The van der Waals surface area contributed by atoms with Crippen LogP contribution in [0.25, 0.3) is 0 Å². The van der Waals surface area contributed by atoms with Crippen LogP contribution >= 0.6 is 0 Å². The van der Waals surface area contributed by atoms with Gasteiger partial charge in [0.1, 0.15) is 0 Å². The van der Waals surface area contributed by atoms with Gasteiger partial charge in [0.15, 0.2) is 0 Å². The van der Waals surface area contributed by atoms with Crippen molar-refractivity contribution in [3.8, 4) is 0 Å². The van der Waals surface area contributed by atoms with Gasteiger partial charge in [-0.15, -0.1) is 0 Å². The second-order valence-electron chi connectivity index (χ2n) is 2.73. The Bertz CT molecular complexity index is 161. The van der Waals surface area contributed by atoms with Gasteiger partial charge in [-0.3, -0.25) is 0 Å². The Morgan fingerprint density at radius 1 is 1.45 bits per heavy atom. The molecule has 0 aromatic rings. The molecule has 1 rings (SSSR count). The predicted octanol–water partition coefficient (Wildman–Crippen LogP) is 1.93. The predicted molar refractivity (Wildman–Crippen MR) is 45.8 cm³/mol. The Kier molecular flexibility index (Phi) is 3.94. The van der Waals surface area contributed by atoms with E-state index in [0.29, 0.717) is 6.61 Å². The molecule has 0 bridgehead atoms. The van der Waals surface area contributed by atoms with Gasteiger partial charge in [0.2, 0.25) is 0 Å². The Balaban J connectivity index is 2.15. The highest BCUT2D eigenvalue weighted by atomic mass is 16.6. The molecule has 0 aliphatic heterocycles. The second-order valence-corrected chi connectivity index (χ2v) is 2.73. The normalized spacial score (nSPS) is 16.6. The fourth-order valence-corrected chi connectivity index (χ4v) is 1.21. The summed E-state index contributed by atoms with van der Waals surface area (Å²) in [4.78, 5) is 4.48. The van der Waals surface area contributed by atoms with Crippen LogP contribution in [-0.2, 0) is 4.84 Å². The van der Waals surface area contributed by atoms with Crippen LogP contribution in [0.3, 0.4) is 0 Å². The lowest BCUT2D eigenvalue weighted by atomic mass is 10.0. The number of hydrogen-bond acceptors (Lipinski definition) is 2. The number of rotatable bonds is 4. The smallest absolute Gasteiger partial charge is 0.0682 e. The van der Waals surface area contributed by atoms with Crippen molar-refractivity contribution in [3.63, 3.8) is 0 Å². The van der Waals surface area contributed by atoms with E-state index in [9.17, 15) is 0 Å². The molecular formula is C9H15NO. The minimum atomic E-state index is 0.658. The van der Waals surface area contributed by atoms with Crippen molar-refractivity contribution >= 4 is 0 Å². The average molecular weight is 153 g/mol. The van der Waals surface area contributed by atoms with Crippen LogP contribution in [0.4, 0.5) is 0 Å². The molecular weight excluding hydrogens is 138 g/mol. The second kappa shape index (κ2) is 5.10. The molecule has 0 unspecified atom stereocenters. The maximum absolute atomic E-state index is 4.91. The van der Waals surface area contributed by atoms with E-state index in [-0.39, 0.29) is 0 Å². The van der Waals surface area contributed by atoms with E-state index in [1.807, 2.05) is 0 Å². The highest BCUT2D eigenvalue weighted by Crippen LogP contribution is 2.14. The minimum Gasteiger partial charge on any atom is -0.305 e. The van der Waals surface area contributed by atoms with Crippen molar-refractivity contribution in [2.75, 3.05) is 6.61 Å². The van der Waals surface area contributed by atoms with E-state index >= 15 is 0 Å². The Morgan fingerprint density at radius 3 is 3.00 bits per heavy atom. The summed E-state index contributed by atoms with van der Waals surface area (Å²) < 4.78 is 0. The Morgan fingerprint density at radius 2 is 2.36 bits per heavy atom. The van der Waals surface area contributed by atoms with Gasteiger partial charge >= 0.3 is 0 Å². The first-order valence-electron chi connectivity index (χ1n) is 4.11. The summed E-state index contributed by atoms with van der Waals surface area (Å²) in [6.07, 6.45) is 11.2. The largest absolute Gasteiger partial charge is 0.305 e. The summed E-state index contributed by atoms with van der Waals surface area (Å²) in [6, 6.07) is 0. The zero-order chi connectivity index (χ0) is 7.94. The lowest BCUT2D eigenvalue weighted by Crippen LogP contribution is -2.00. The van der Waals surface area contributed by atoms with Gasteiger partial charge in [-0.1, -0.05) is 23.8 Å².